The largest absolute Gasteiger partial charge is 0.366 e. The Bertz CT molecular complexity index is 1240. The first kappa shape index (κ1) is 18.8. The Balaban J connectivity index is 1.77. The van der Waals surface area contributed by atoms with E-state index in [1.165, 1.54) is 0 Å². The van der Waals surface area contributed by atoms with Crippen LogP contribution in [0.4, 0.5) is 5.69 Å². The summed E-state index contributed by atoms with van der Waals surface area (Å²) in [6.45, 7) is 0. The van der Waals surface area contributed by atoms with Crippen molar-refractivity contribution in [2.24, 2.45) is 5.73 Å². The van der Waals surface area contributed by atoms with E-state index < -0.39 is 5.91 Å². The first-order valence-electron chi connectivity index (χ1n) is 8.88. The van der Waals surface area contributed by atoms with Crippen LogP contribution >= 0.6 is 15.9 Å². The number of carbonyl (C=O) groups excluding carboxylic acids is 2. The van der Waals surface area contributed by atoms with Crippen molar-refractivity contribution in [2.45, 2.75) is 0 Å². The van der Waals surface area contributed by atoms with Gasteiger partial charge in [0.15, 0.2) is 0 Å². The molecule has 142 valence electrons. The Labute approximate surface area is 175 Å². The van der Waals surface area contributed by atoms with E-state index in [0.717, 1.165) is 20.9 Å². The zero-order valence-corrected chi connectivity index (χ0v) is 16.8. The van der Waals surface area contributed by atoms with Crippen LogP contribution in [0.15, 0.2) is 83.3 Å². The average molecular weight is 446 g/mol. The molecule has 5 nitrogen and oxygen atoms in total. The lowest BCUT2D eigenvalue weighted by atomic mass is 10.0. The maximum absolute atomic E-state index is 13.1. The van der Waals surface area contributed by atoms with Crippen LogP contribution in [-0.2, 0) is 0 Å². The Morgan fingerprint density at radius 1 is 0.897 bits per heavy atom. The number of aromatic nitrogens is 1. The zero-order chi connectivity index (χ0) is 20.4. The van der Waals surface area contributed by atoms with Gasteiger partial charge in [-0.2, -0.15) is 0 Å². The Kier molecular flexibility index (Phi) is 5.10. The fourth-order valence-electron chi connectivity index (χ4n) is 3.08. The van der Waals surface area contributed by atoms with Crippen LogP contribution in [0.5, 0.6) is 0 Å². The first-order valence-corrected chi connectivity index (χ1v) is 9.67. The molecule has 0 aliphatic rings. The maximum Gasteiger partial charge on any atom is 0.256 e. The summed E-state index contributed by atoms with van der Waals surface area (Å²) in [6.07, 6.45) is 0. The quantitative estimate of drug-likeness (QED) is 0.462. The van der Waals surface area contributed by atoms with Crippen LogP contribution in [0.3, 0.4) is 0 Å². The number of nitrogens with two attached hydrogens (primary N) is 1. The Morgan fingerprint density at radius 2 is 1.66 bits per heavy atom. The van der Waals surface area contributed by atoms with Crippen LogP contribution in [0, 0.1) is 0 Å². The predicted molar refractivity (Wildman–Crippen MR) is 118 cm³/mol. The molecule has 4 rings (SSSR count). The summed E-state index contributed by atoms with van der Waals surface area (Å²) in [6, 6.07) is 23.6. The molecule has 0 aliphatic carbocycles. The van der Waals surface area contributed by atoms with Crippen LogP contribution in [0.1, 0.15) is 20.7 Å². The fraction of sp³-hybridized carbons (Fsp3) is 0. The smallest absolute Gasteiger partial charge is 0.256 e. The number of hydrogen-bond donors (Lipinski definition) is 2. The van der Waals surface area contributed by atoms with E-state index in [9.17, 15) is 9.59 Å². The highest BCUT2D eigenvalue weighted by atomic mass is 79.9. The molecule has 29 heavy (non-hydrogen) atoms. The van der Waals surface area contributed by atoms with Gasteiger partial charge in [0, 0.05) is 26.7 Å². The zero-order valence-electron chi connectivity index (χ0n) is 15.2. The van der Waals surface area contributed by atoms with Crippen molar-refractivity contribution in [2.75, 3.05) is 5.32 Å². The second kappa shape index (κ2) is 7.85. The predicted octanol–water partition coefficient (Wildman–Crippen LogP) is 5.02. The van der Waals surface area contributed by atoms with Crippen molar-refractivity contribution in [3.63, 3.8) is 0 Å². The molecule has 0 bridgehead atoms. The fourth-order valence-corrected chi connectivity index (χ4v) is 3.34. The van der Waals surface area contributed by atoms with E-state index in [1.54, 1.807) is 30.3 Å². The van der Waals surface area contributed by atoms with Crippen molar-refractivity contribution in [1.29, 1.82) is 0 Å². The van der Waals surface area contributed by atoms with Gasteiger partial charge in [-0.3, -0.25) is 9.59 Å². The van der Waals surface area contributed by atoms with Crippen molar-refractivity contribution < 1.29 is 9.59 Å². The molecule has 4 aromatic rings. The Hall–Kier alpha value is -3.51. The van der Waals surface area contributed by atoms with E-state index >= 15 is 0 Å². The van der Waals surface area contributed by atoms with Gasteiger partial charge in [0.2, 0.25) is 5.91 Å². The monoisotopic (exact) mass is 445 g/mol. The minimum absolute atomic E-state index is 0.288. The molecule has 0 fully saturated rings. The topological polar surface area (TPSA) is 85.1 Å². The van der Waals surface area contributed by atoms with Crippen molar-refractivity contribution in [1.82, 2.24) is 4.98 Å². The molecule has 1 heterocycles. The highest BCUT2D eigenvalue weighted by Crippen LogP contribution is 2.26. The van der Waals surface area contributed by atoms with Gasteiger partial charge in [0.05, 0.1) is 16.8 Å². The van der Waals surface area contributed by atoms with Gasteiger partial charge in [0.25, 0.3) is 5.91 Å². The van der Waals surface area contributed by atoms with Gasteiger partial charge < -0.3 is 11.1 Å². The van der Waals surface area contributed by atoms with Gasteiger partial charge in [-0.15, -0.1) is 0 Å². The molecule has 0 aliphatic heterocycles. The standard InChI is InChI=1S/C23H16BrN3O2/c24-16-10-8-14(9-11-16)21-13-19(18-6-1-2-7-20(18)27-21)23(29)26-17-5-3-4-15(12-17)22(25)28/h1-13H,(H2,25,28)(H,26,29). The molecule has 6 heteroatoms. The molecule has 0 saturated heterocycles. The molecule has 0 radical (unpaired) electrons. The number of nitrogens with zero attached hydrogens (tertiary/aromatic N) is 1. The van der Waals surface area contributed by atoms with E-state index in [1.807, 2.05) is 48.5 Å². The second-order valence-corrected chi connectivity index (χ2v) is 7.39. The average Bonchev–Trinajstić information content (AvgIpc) is 2.73. The lowest BCUT2D eigenvalue weighted by Crippen LogP contribution is -2.15. The van der Waals surface area contributed by atoms with Crippen LogP contribution in [0.25, 0.3) is 22.2 Å². The van der Waals surface area contributed by atoms with Gasteiger partial charge in [0.1, 0.15) is 0 Å². The van der Waals surface area contributed by atoms with Gasteiger partial charge in [-0.1, -0.05) is 52.3 Å². The third-order valence-corrected chi connectivity index (χ3v) is 5.03. The number of nitrogens with one attached hydrogen (secondary N) is 1. The molecule has 0 saturated carbocycles. The lowest BCUT2D eigenvalue weighted by Gasteiger charge is -2.11. The molecule has 3 N–H and O–H groups in total. The van der Waals surface area contributed by atoms with Gasteiger partial charge in [-0.05, 0) is 42.5 Å². The summed E-state index contributed by atoms with van der Waals surface area (Å²) >= 11 is 3.43. The molecule has 0 spiro atoms. The third kappa shape index (κ3) is 4.02. The van der Waals surface area contributed by atoms with E-state index in [4.69, 9.17) is 10.7 Å². The number of pyridine rings is 1. The Morgan fingerprint density at radius 3 is 2.41 bits per heavy atom. The highest BCUT2D eigenvalue weighted by Gasteiger charge is 2.15. The van der Waals surface area contributed by atoms with E-state index in [-0.39, 0.29) is 5.91 Å². The third-order valence-electron chi connectivity index (χ3n) is 4.51. The van der Waals surface area contributed by atoms with E-state index in [2.05, 4.69) is 21.2 Å². The minimum Gasteiger partial charge on any atom is -0.366 e. The number of fused-ring (bicyclic) bond motifs is 1. The molecule has 0 unspecified atom stereocenters. The van der Waals surface area contributed by atoms with Crippen molar-refractivity contribution >= 4 is 44.3 Å². The molecular weight excluding hydrogens is 430 g/mol. The minimum atomic E-state index is -0.548. The van der Waals surface area contributed by atoms with Crippen LogP contribution < -0.4 is 11.1 Å². The van der Waals surface area contributed by atoms with E-state index in [0.29, 0.717) is 22.5 Å². The number of rotatable bonds is 4. The van der Waals surface area contributed by atoms with Crippen molar-refractivity contribution in [3.05, 3.63) is 94.5 Å². The second-order valence-electron chi connectivity index (χ2n) is 6.48. The highest BCUT2D eigenvalue weighted by molar-refractivity contribution is 9.10. The lowest BCUT2D eigenvalue weighted by molar-refractivity contribution is 0.0996. The molecule has 3 aromatic carbocycles. The number of benzene rings is 3. The summed E-state index contributed by atoms with van der Waals surface area (Å²) in [5.41, 5.74) is 8.99. The summed E-state index contributed by atoms with van der Waals surface area (Å²) < 4.78 is 0.967. The normalized spacial score (nSPS) is 10.7. The number of amides is 2. The van der Waals surface area contributed by atoms with Gasteiger partial charge in [-0.25, -0.2) is 4.98 Å². The number of primary amides is 1. The summed E-state index contributed by atoms with van der Waals surface area (Å²) in [7, 11) is 0. The number of para-hydroxylation sites is 1. The number of anilines is 1. The van der Waals surface area contributed by atoms with Gasteiger partial charge >= 0.3 is 0 Å². The van der Waals surface area contributed by atoms with Crippen LogP contribution in [-0.4, -0.2) is 16.8 Å². The van der Waals surface area contributed by atoms with Crippen molar-refractivity contribution in [3.8, 4) is 11.3 Å². The van der Waals surface area contributed by atoms with Crippen LogP contribution in [0.2, 0.25) is 0 Å². The maximum atomic E-state index is 13.1. The number of halogens is 1. The summed E-state index contributed by atoms with van der Waals surface area (Å²) in [5, 5.41) is 3.60. The molecular formula is C23H16BrN3O2. The SMILES string of the molecule is NC(=O)c1cccc(NC(=O)c2cc(-c3ccc(Br)cc3)nc3ccccc23)c1. The molecule has 0 atom stereocenters. The number of carbonyl (C=O) groups is 2. The summed E-state index contributed by atoms with van der Waals surface area (Å²) in [5.74, 6) is -0.837. The molecule has 1 aromatic heterocycles. The first-order chi connectivity index (χ1) is 14.0. The molecule has 2 amide bonds. The number of hydrogen-bond acceptors (Lipinski definition) is 3. The summed E-state index contributed by atoms with van der Waals surface area (Å²) in [4.78, 5) is 29.2.